The van der Waals surface area contributed by atoms with Gasteiger partial charge in [-0.25, -0.2) is 9.48 Å². The number of carbonyl (C=O) groups is 1. The van der Waals surface area contributed by atoms with Gasteiger partial charge in [0, 0.05) is 7.11 Å². The molecular formula is C13H23N3O4. The molecule has 1 heterocycles. The normalized spacial score (nSPS) is 11.7. The summed E-state index contributed by atoms with van der Waals surface area (Å²) in [6.45, 7) is 9.33. The second-order valence-corrected chi connectivity index (χ2v) is 5.35. The van der Waals surface area contributed by atoms with E-state index in [0.29, 0.717) is 32.1 Å². The third-order valence-electron chi connectivity index (χ3n) is 2.45. The summed E-state index contributed by atoms with van der Waals surface area (Å²) >= 11 is 0. The molecule has 0 radical (unpaired) electrons. The molecule has 1 aromatic heterocycles. The van der Waals surface area contributed by atoms with Gasteiger partial charge in [0.15, 0.2) is 5.69 Å². The smallest absolute Gasteiger partial charge is 0.361 e. The largest absolute Gasteiger partial charge is 0.455 e. The Bertz CT molecular complexity index is 437. The number of hydrogen-bond acceptors (Lipinski definition) is 6. The number of rotatable bonds is 7. The van der Waals surface area contributed by atoms with E-state index in [0.717, 1.165) is 0 Å². The predicted molar refractivity (Wildman–Crippen MR) is 72.6 cm³/mol. The fraction of sp³-hybridized carbons (Fsp3) is 0.769. The Labute approximate surface area is 119 Å². The maximum atomic E-state index is 11.9. The SMILES string of the molecule is COCCOCCn1nnc(C(=O)OC(C)(C)C)c1C. The third-order valence-corrected chi connectivity index (χ3v) is 2.45. The Kier molecular flexibility index (Phi) is 6.09. The standard InChI is InChI=1S/C13H23N3O4/c1-10-11(12(17)20-13(2,3)4)14-15-16(10)6-7-19-9-8-18-5/h6-9H2,1-5H3. The van der Waals surface area contributed by atoms with Crippen LogP contribution in [-0.2, 0) is 20.8 Å². The molecule has 20 heavy (non-hydrogen) atoms. The lowest BCUT2D eigenvalue weighted by Gasteiger charge is -2.18. The minimum atomic E-state index is -0.545. The summed E-state index contributed by atoms with van der Waals surface area (Å²) in [5.41, 5.74) is 0.378. The molecule has 1 rings (SSSR count). The fourth-order valence-corrected chi connectivity index (χ4v) is 1.48. The molecule has 0 aromatic carbocycles. The molecule has 0 aliphatic heterocycles. The molecule has 0 amide bonds. The monoisotopic (exact) mass is 285 g/mol. The van der Waals surface area contributed by atoms with Gasteiger partial charge in [0.25, 0.3) is 0 Å². The Hall–Kier alpha value is -1.47. The average molecular weight is 285 g/mol. The first-order chi connectivity index (χ1) is 9.35. The Morgan fingerprint density at radius 3 is 2.55 bits per heavy atom. The second kappa shape index (κ2) is 7.35. The van der Waals surface area contributed by atoms with Crippen molar-refractivity contribution in [2.45, 2.75) is 39.8 Å². The van der Waals surface area contributed by atoms with Crippen molar-refractivity contribution in [3.63, 3.8) is 0 Å². The molecule has 7 heteroatoms. The van der Waals surface area contributed by atoms with E-state index in [4.69, 9.17) is 14.2 Å². The van der Waals surface area contributed by atoms with E-state index >= 15 is 0 Å². The molecule has 0 unspecified atom stereocenters. The molecule has 114 valence electrons. The number of carbonyl (C=O) groups excluding carboxylic acids is 1. The summed E-state index contributed by atoms with van der Waals surface area (Å²) in [4.78, 5) is 11.9. The number of hydrogen-bond donors (Lipinski definition) is 0. The molecule has 0 spiro atoms. The number of aromatic nitrogens is 3. The summed E-state index contributed by atoms with van der Waals surface area (Å²) in [6, 6.07) is 0. The summed E-state index contributed by atoms with van der Waals surface area (Å²) in [7, 11) is 1.62. The van der Waals surface area contributed by atoms with Gasteiger partial charge < -0.3 is 14.2 Å². The molecule has 1 aromatic rings. The van der Waals surface area contributed by atoms with E-state index in [2.05, 4.69) is 10.3 Å². The summed E-state index contributed by atoms with van der Waals surface area (Å²) < 4.78 is 17.1. The van der Waals surface area contributed by atoms with E-state index < -0.39 is 11.6 Å². The van der Waals surface area contributed by atoms with Crippen LogP contribution in [0.3, 0.4) is 0 Å². The highest BCUT2D eigenvalue weighted by molar-refractivity contribution is 5.88. The van der Waals surface area contributed by atoms with Crippen molar-refractivity contribution in [3.05, 3.63) is 11.4 Å². The van der Waals surface area contributed by atoms with Crippen LogP contribution in [0.1, 0.15) is 37.0 Å². The van der Waals surface area contributed by atoms with Gasteiger partial charge in [0.1, 0.15) is 5.60 Å². The van der Waals surface area contributed by atoms with Crippen LogP contribution in [0.5, 0.6) is 0 Å². The van der Waals surface area contributed by atoms with Crippen LogP contribution in [0.4, 0.5) is 0 Å². The first-order valence-electron chi connectivity index (χ1n) is 6.55. The van der Waals surface area contributed by atoms with E-state index in [9.17, 15) is 4.79 Å². The summed E-state index contributed by atoms with van der Waals surface area (Å²) in [6.07, 6.45) is 0. The zero-order chi connectivity index (χ0) is 15.2. The predicted octanol–water partition coefficient (Wildman–Crippen LogP) is 1.20. The highest BCUT2D eigenvalue weighted by atomic mass is 16.6. The molecule has 0 atom stereocenters. The molecule has 0 aliphatic carbocycles. The van der Waals surface area contributed by atoms with Gasteiger partial charge in [0.2, 0.25) is 0 Å². The maximum absolute atomic E-state index is 11.9. The van der Waals surface area contributed by atoms with E-state index in [-0.39, 0.29) is 5.69 Å². The Morgan fingerprint density at radius 2 is 1.95 bits per heavy atom. The van der Waals surface area contributed by atoms with Crippen LogP contribution >= 0.6 is 0 Å². The quantitative estimate of drug-likeness (QED) is 0.553. The second-order valence-electron chi connectivity index (χ2n) is 5.35. The molecule has 7 nitrogen and oxygen atoms in total. The van der Waals surface area contributed by atoms with Crippen molar-refractivity contribution in [2.75, 3.05) is 26.9 Å². The van der Waals surface area contributed by atoms with Crippen LogP contribution in [-0.4, -0.2) is 53.5 Å². The van der Waals surface area contributed by atoms with Gasteiger partial charge in [-0.1, -0.05) is 5.21 Å². The van der Waals surface area contributed by atoms with Crippen molar-refractivity contribution in [3.8, 4) is 0 Å². The number of methoxy groups -OCH3 is 1. The fourth-order valence-electron chi connectivity index (χ4n) is 1.48. The summed E-state index contributed by atoms with van der Waals surface area (Å²) in [5, 5.41) is 7.81. The van der Waals surface area contributed by atoms with E-state index in [1.54, 1.807) is 18.7 Å². The molecule has 0 aliphatic rings. The van der Waals surface area contributed by atoms with Gasteiger partial charge in [-0.3, -0.25) is 0 Å². The summed E-state index contributed by atoms with van der Waals surface area (Å²) in [5.74, 6) is -0.457. The van der Waals surface area contributed by atoms with Crippen molar-refractivity contribution >= 4 is 5.97 Å². The molecule has 0 saturated carbocycles. The average Bonchev–Trinajstić information content (AvgIpc) is 2.69. The third kappa shape index (κ3) is 5.26. The van der Waals surface area contributed by atoms with Crippen molar-refractivity contribution in [2.24, 2.45) is 0 Å². The first-order valence-corrected chi connectivity index (χ1v) is 6.55. The van der Waals surface area contributed by atoms with Gasteiger partial charge in [-0.05, 0) is 27.7 Å². The number of nitrogens with zero attached hydrogens (tertiary/aromatic N) is 3. The van der Waals surface area contributed by atoms with Gasteiger partial charge in [-0.15, -0.1) is 5.10 Å². The van der Waals surface area contributed by atoms with Crippen LogP contribution in [0.2, 0.25) is 0 Å². The highest BCUT2D eigenvalue weighted by Gasteiger charge is 2.23. The molecule has 0 bridgehead atoms. The van der Waals surface area contributed by atoms with Crippen molar-refractivity contribution in [1.82, 2.24) is 15.0 Å². The van der Waals surface area contributed by atoms with Gasteiger partial charge >= 0.3 is 5.97 Å². The molecule has 0 saturated heterocycles. The lowest BCUT2D eigenvalue weighted by atomic mass is 10.2. The van der Waals surface area contributed by atoms with Crippen LogP contribution < -0.4 is 0 Å². The maximum Gasteiger partial charge on any atom is 0.361 e. The van der Waals surface area contributed by atoms with Crippen LogP contribution in [0, 0.1) is 6.92 Å². The zero-order valence-corrected chi connectivity index (χ0v) is 12.8. The highest BCUT2D eigenvalue weighted by Crippen LogP contribution is 2.13. The lowest BCUT2D eigenvalue weighted by molar-refractivity contribution is 0.00617. The van der Waals surface area contributed by atoms with Crippen LogP contribution in [0.25, 0.3) is 0 Å². The van der Waals surface area contributed by atoms with E-state index in [1.165, 1.54) is 0 Å². The van der Waals surface area contributed by atoms with Gasteiger partial charge in [0.05, 0.1) is 32.1 Å². The molecule has 0 fully saturated rings. The minimum Gasteiger partial charge on any atom is -0.455 e. The van der Waals surface area contributed by atoms with Gasteiger partial charge in [-0.2, -0.15) is 0 Å². The Morgan fingerprint density at radius 1 is 1.25 bits per heavy atom. The number of esters is 1. The first kappa shape index (κ1) is 16.6. The molecular weight excluding hydrogens is 262 g/mol. The van der Waals surface area contributed by atoms with Crippen molar-refractivity contribution < 1.29 is 19.0 Å². The molecule has 0 N–H and O–H groups in total. The van der Waals surface area contributed by atoms with Crippen LogP contribution in [0.15, 0.2) is 0 Å². The van der Waals surface area contributed by atoms with E-state index in [1.807, 2.05) is 20.8 Å². The van der Waals surface area contributed by atoms with Crippen molar-refractivity contribution in [1.29, 1.82) is 0 Å². The minimum absolute atomic E-state index is 0.247. The zero-order valence-electron chi connectivity index (χ0n) is 12.8. The lowest BCUT2D eigenvalue weighted by Crippen LogP contribution is -2.24. The number of ether oxygens (including phenoxy) is 3. The Balaban J connectivity index is 2.54. The topological polar surface area (TPSA) is 75.5 Å².